The summed E-state index contributed by atoms with van der Waals surface area (Å²) >= 11 is 0. The Balaban J connectivity index is 1.93. The Morgan fingerprint density at radius 2 is 1.88 bits per heavy atom. The minimum Gasteiger partial charge on any atom is -0.376 e. The third-order valence-corrected chi connectivity index (χ3v) is 3.15. The zero-order valence-corrected chi connectivity index (χ0v) is 11.1. The van der Waals surface area contributed by atoms with Crippen molar-refractivity contribution in [2.75, 3.05) is 19.8 Å². The molecule has 1 fully saturated rings. The number of Topliss-reactive ketones (excluding diaryl/α,β-unsaturated/α-hetero) is 1. The first-order valence-electron chi connectivity index (χ1n) is 7.04. The van der Waals surface area contributed by atoms with Crippen molar-refractivity contribution in [1.82, 2.24) is 0 Å². The molecule has 1 unspecified atom stereocenters. The van der Waals surface area contributed by atoms with E-state index in [4.69, 9.17) is 9.47 Å². The molecule has 0 saturated carbocycles. The maximum atomic E-state index is 11.7. The summed E-state index contributed by atoms with van der Waals surface area (Å²) < 4.78 is 10.7. The third kappa shape index (κ3) is 7.50. The van der Waals surface area contributed by atoms with Gasteiger partial charge in [0, 0.05) is 12.8 Å². The second-order valence-electron chi connectivity index (χ2n) is 4.83. The average Bonchev–Trinajstić information content (AvgIpc) is 2.35. The zero-order valence-electron chi connectivity index (χ0n) is 11.1. The van der Waals surface area contributed by atoms with E-state index in [0.29, 0.717) is 38.4 Å². The van der Waals surface area contributed by atoms with Crippen LogP contribution in [0.1, 0.15) is 58.3 Å². The summed E-state index contributed by atoms with van der Waals surface area (Å²) in [5.41, 5.74) is 0. The van der Waals surface area contributed by atoms with Gasteiger partial charge in [-0.2, -0.15) is 0 Å². The van der Waals surface area contributed by atoms with Crippen LogP contribution in [0.4, 0.5) is 0 Å². The van der Waals surface area contributed by atoms with Crippen molar-refractivity contribution in [2.45, 2.75) is 64.4 Å². The van der Waals surface area contributed by atoms with Crippen LogP contribution in [0.25, 0.3) is 0 Å². The number of ether oxygens (including phenoxy) is 2. The molecule has 1 saturated heterocycles. The molecule has 3 heteroatoms. The molecule has 0 aromatic rings. The minimum absolute atomic E-state index is 0.0105. The van der Waals surface area contributed by atoms with Gasteiger partial charge in [-0.3, -0.25) is 4.79 Å². The smallest absolute Gasteiger partial charge is 0.135 e. The van der Waals surface area contributed by atoms with Crippen LogP contribution in [0.15, 0.2) is 0 Å². The fourth-order valence-corrected chi connectivity index (χ4v) is 2.11. The maximum absolute atomic E-state index is 11.7. The number of carbonyl (C=O) groups excluding carboxylic acids is 1. The van der Waals surface area contributed by atoms with Crippen molar-refractivity contribution >= 4 is 5.78 Å². The molecule has 0 spiro atoms. The van der Waals surface area contributed by atoms with E-state index < -0.39 is 0 Å². The molecule has 0 aromatic heterocycles. The standard InChI is InChI=1S/C14H26O3/c1-2-3-4-5-6-7-8-13(15)11-14-12-16-9-10-17-14/h14H,2-12H2,1H3. The van der Waals surface area contributed by atoms with E-state index >= 15 is 0 Å². The van der Waals surface area contributed by atoms with Gasteiger partial charge in [-0.15, -0.1) is 0 Å². The summed E-state index contributed by atoms with van der Waals surface area (Å²) in [4.78, 5) is 11.7. The van der Waals surface area contributed by atoms with Crippen LogP contribution in [0.3, 0.4) is 0 Å². The topological polar surface area (TPSA) is 35.5 Å². The van der Waals surface area contributed by atoms with Crippen LogP contribution in [0.2, 0.25) is 0 Å². The highest BCUT2D eigenvalue weighted by atomic mass is 16.6. The molecule has 1 aliphatic rings. The van der Waals surface area contributed by atoms with Gasteiger partial charge in [0.1, 0.15) is 5.78 Å². The number of unbranched alkanes of at least 4 members (excludes halogenated alkanes) is 5. The molecule has 1 heterocycles. The Morgan fingerprint density at radius 3 is 2.59 bits per heavy atom. The Bertz CT molecular complexity index is 198. The molecule has 0 aromatic carbocycles. The lowest BCUT2D eigenvalue weighted by Crippen LogP contribution is -2.30. The van der Waals surface area contributed by atoms with E-state index in [1.54, 1.807) is 0 Å². The lowest BCUT2D eigenvalue weighted by Gasteiger charge is -2.22. The van der Waals surface area contributed by atoms with Crippen LogP contribution >= 0.6 is 0 Å². The number of rotatable bonds is 9. The van der Waals surface area contributed by atoms with Crippen LogP contribution < -0.4 is 0 Å². The molecule has 0 amide bonds. The number of carbonyl (C=O) groups is 1. The molecule has 0 aliphatic carbocycles. The lowest BCUT2D eigenvalue weighted by atomic mass is 10.0. The maximum Gasteiger partial charge on any atom is 0.135 e. The van der Waals surface area contributed by atoms with Gasteiger partial charge in [0.2, 0.25) is 0 Å². The normalized spacial score (nSPS) is 20.4. The SMILES string of the molecule is CCCCCCCCC(=O)CC1COCCO1. The summed E-state index contributed by atoms with van der Waals surface area (Å²) in [5, 5.41) is 0. The first-order valence-corrected chi connectivity index (χ1v) is 7.04. The van der Waals surface area contributed by atoms with Crippen molar-refractivity contribution in [1.29, 1.82) is 0 Å². The minimum atomic E-state index is 0.0105. The summed E-state index contributed by atoms with van der Waals surface area (Å²) in [5.74, 6) is 0.330. The Labute approximate surface area is 105 Å². The summed E-state index contributed by atoms with van der Waals surface area (Å²) in [6.45, 7) is 4.11. The van der Waals surface area contributed by atoms with Gasteiger partial charge in [0.15, 0.2) is 0 Å². The number of ketones is 1. The van der Waals surface area contributed by atoms with E-state index in [1.165, 1.54) is 32.1 Å². The van der Waals surface area contributed by atoms with E-state index in [0.717, 1.165) is 6.42 Å². The summed E-state index contributed by atoms with van der Waals surface area (Å²) in [7, 11) is 0. The molecule has 3 nitrogen and oxygen atoms in total. The average molecular weight is 242 g/mol. The molecule has 1 aliphatic heterocycles. The fourth-order valence-electron chi connectivity index (χ4n) is 2.11. The zero-order chi connectivity index (χ0) is 12.3. The van der Waals surface area contributed by atoms with Gasteiger partial charge >= 0.3 is 0 Å². The molecule has 100 valence electrons. The third-order valence-electron chi connectivity index (χ3n) is 3.15. The monoisotopic (exact) mass is 242 g/mol. The van der Waals surface area contributed by atoms with Crippen molar-refractivity contribution in [3.8, 4) is 0 Å². The number of hydrogen-bond donors (Lipinski definition) is 0. The van der Waals surface area contributed by atoms with E-state index in [-0.39, 0.29) is 6.10 Å². The van der Waals surface area contributed by atoms with Crippen LogP contribution in [0, 0.1) is 0 Å². The predicted octanol–water partition coefficient (Wildman–Crippen LogP) is 3.11. The van der Waals surface area contributed by atoms with Gasteiger partial charge in [-0.05, 0) is 6.42 Å². The number of hydrogen-bond acceptors (Lipinski definition) is 3. The van der Waals surface area contributed by atoms with Gasteiger partial charge in [0.25, 0.3) is 0 Å². The van der Waals surface area contributed by atoms with Gasteiger partial charge in [-0.1, -0.05) is 39.0 Å². The van der Waals surface area contributed by atoms with Crippen molar-refractivity contribution in [2.24, 2.45) is 0 Å². The van der Waals surface area contributed by atoms with Crippen molar-refractivity contribution in [3.05, 3.63) is 0 Å². The Morgan fingerprint density at radius 1 is 1.12 bits per heavy atom. The second-order valence-corrected chi connectivity index (χ2v) is 4.83. The van der Waals surface area contributed by atoms with Crippen LogP contribution in [0.5, 0.6) is 0 Å². The second kappa shape index (κ2) is 9.60. The van der Waals surface area contributed by atoms with Crippen LogP contribution in [-0.2, 0) is 14.3 Å². The van der Waals surface area contributed by atoms with Crippen LogP contribution in [-0.4, -0.2) is 31.7 Å². The lowest BCUT2D eigenvalue weighted by molar-refractivity contribution is -0.129. The molecule has 0 bridgehead atoms. The van der Waals surface area contributed by atoms with E-state index in [2.05, 4.69) is 6.92 Å². The summed E-state index contributed by atoms with van der Waals surface area (Å²) in [6, 6.07) is 0. The molecule has 0 N–H and O–H groups in total. The molecule has 17 heavy (non-hydrogen) atoms. The Hall–Kier alpha value is -0.410. The van der Waals surface area contributed by atoms with E-state index in [1.807, 2.05) is 0 Å². The highest BCUT2D eigenvalue weighted by Crippen LogP contribution is 2.11. The largest absolute Gasteiger partial charge is 0.376 e. The molecular weight excluding hydrogens is 216 g/mol. The molecular formula is C14H26O3. The molecule has 0 radical (unpaired) electrons. The van der Waals surface area contributed by atoms with E-state index in [9.17, 15) is 4.79 Å². The highest BCUT2D eigenvalue weighted by molar-refractivity contribution is 5.78. The highest BCUT2D eigenvalue weighted by Gasteiger charge is 2.17. The van der Waals surface area contributed by atoms with Gasteiger partial charge < -0.3 is 9.47 Å². The molecule has 1 rings (SSSR count). The predicted molar refractivity (Wildman–Crippen MR) is 68.2 cm³/mol. The summed E-state index contributed by atoms with van der Waals surface area (Å²) in [6.07, 6.45) is 8.66. The van der Waals surface area contributed by atoms with Gasteiger partial charge in [0.05, 0.1) is 25.9 Å². The Kier molecular flexibility index (Phi) is 8.28. The quantitative estimate of drug-likeness (QED) is 0.583. The van der Waals surface area contributed by atoms with Crippen molar-refractivity contribution < 1.29 is 14.3 Å². The first-order chi connectivity index (χ1) is 8.33. The fraction of sp³-hybridized carbons (Fsp3) is 0.929. The molecule has 1 atom stereocenters. The van der Waals surface area contributed by atoms with Crippen molar-refractivity contribution in [3.63, 3.8) is 0 Å². The first kappa shape index (κ1) is 14.7. The van der Waals surface area contributed by atoms with Gasteiger partial charge in [-0.25, -0.2) is 0 Å².